The monoisotopic (exact) mass is 438 g/mol. The number of nitrogens with zero attached hydrogens (tertiary/aromatic N) is 2. The largest absolute Gasteiger partial charge is 0.366 e. The van der Waals surface area contributed by atoms with Crippen molar-refractivity contribution in [3.8, 4) is 0 Å². The standard InChI is InChI=1S/C22H23BrN4O/c1-14-16-12-20(25-18(16)7-6-17(14)23)22(28)26-10-8-15(9-11-26)27-13-24-19-4-2-3-5-21(19)27/h2-7,12,15,24-25H,8-11,13H2,1H3. The minimum absolute atomic E-state index is 0.102. The first kappa shape index (κ1) is 17.6. The van der Waals surface area contributed by atoms with Gasteiger partial charge in [0.1, 0.15) is 5.69 Å². The molecule has 0 radical (unpaired) electrons. The minimum atomic E-state index is 0.102. The maximum atomic E-state index is 13.0. The van der Waals surface area contributed by atoms with E-state index in [1.807, 2.05) is 23.1 Å². The molecule has 2 aromatic carbocycles. The third-order valence-electron chi connectivity index (χ3n) is 6.08. The van der Waals surface area contributed by atoms with Crippen molar-refractivity contribution in [1.82, 2.24) is 9.88 Å². The summed E-state index contributed by atoms with van der Waals surface area (Å²) in [6.07, 6.45) is 1.99. The molecule has 0 atom stereocenters. The van der Waals surface area contributed by atoms with Crippen LogP contribution in [-0.2, 0) is 0 Å². The second-order valence-corrected chi connectivity index (χ2v) is 8.52. The van der Waals surface area contributed by atoms with Crippen LogP contribution in [0.25, 0.3) is 10.9 Å². The Bertz CT molecular complexity index is 1050. The number of carbonyl (C=O) groups is 1. The third-order valence-corrected chi connectivity index (χ3v) is 6.94. The Morgan fingerprint density at radius 3 is 2.75 bits per heavy atom. The van der Waals surface area contributed by atoms with Crippen LogP contribution in [0.1, 0.15) is 28.9 Å². The second-order valence-electron chi connectivity index (χ2n) is 7.66. The van der Waals surface area contributed by atoms with Gasteiger partial charge in [-0.1, -0.05) is 28.1 Å². The van der Waals surface area contributed by atoms with E-state index in [2.05, 4.69) is 62.3 Å². The molecule has 1 amide bonds. The fourth-order valence-corrected chi connectivity index (χ4v) is 4.79. The van der Waals surface area contributed by atoms with Crippen LogP contribution in [0, 0.1) is 6.92 Å². The average molecular weight is 439 g/mol. The average Bonchev–Trinajstić information content (AvgIpc) is 3.35. The van der Waals surface area contributed by atoms with E-state index in [-0.39, 0.29) is 5.91 Å². The quantitative estimate of drug-likeness (QED) is 0.607. The number of aromatic amines is 1. The Balaban J connectivity index is 1.30. The number of para-hydroxylation sites is 2. The highest BCUT2D eigenvalue weighted by Gasteiger charge is 2.31. The molecule has 1 fully saturated rings. The van der Waals surface area contributed by atoms with Crippen LogP contribution in [0.2, 0.25) is 0 Å². The van der Waals surface area contributed by atoms with Gasteiger partial charge < -0.3 is 20.1 Å². The zero-order valence-corrected chi connectivity index (χ0v) is 17.4. The van der Waals surface area contributed by atoms with E-state index in [0.717, 1.165) is 53.5 Å². The lowest BCUT2D eigenvalue weighted by molar-refractivity contribution is 0.0708. The number of halogens is 1. The number of nitrogens with one attached hydrogen (secondary N) is 2. The third kappa shape index (κ3) is 2.87. The molecule has 0 aliphatic carbocycles. The first-order chi connectivity index (χ1) is 13.6. The molecule has 6 heteroatoms. The zero-order chi connectivity index (χ0) is 19.3. The summed E-state index contributed by atoms with van der Waals surface area (Å²) in [6, 6.07) is 15.0. The molecule has 1 saturated heterocycles. The van der Waals surface area contributed by atoms with E-state index in [1.54, 1.807) is 0 Å². The van der Waals surface area contributed by atoms with Crippen molar-refractivity contribution in [2.45, 2.75) is 25.8 Å². The van der Waals surface area contributed by atoms with E-state index in [9.17, 15) is 4.79 Å². The Hall–Kier alpha value is -2.47. The number of aromatic nitrogens is 1. The number of hydrogen-bond acceptors (Lipinski definition) is 3. The van der Waals surface area contributed by atoms with Crippen molar-refractivity contribution in [3.05, 3.63) is 58.2 Å². The number of carbonyl (C=O) groups excluding carboxylic acids is 1. The molecule has 3 aromatic rings. The number of H-pyrrole nitrogens is 1. The van der Waals surface area contributed by atoms with Gasteiger partial charge in [-0.25, -0.2) is 0 Å². The van der Waals surface area contributed by atoms with Crippen LogP contribution in [0.5, 0.6) is 0 Å². The first-order valence-electron chi connectivity index (χ1n) is 9.78. The smallest absolute Gasteiger partial charge is 0.270 e. The van der Waals surface area contributed by atoms with Gasteiger partial charge in [-0.05, 0) is 55.7 Å². The molecule has 2 aliphatic rings. The Labute approximate surface area is 172 Å². The van der Waals surface area contributed by atoms with Gasteiger partial charge in [0.15, 0.2) is 0 Å². The van der Waals surface area contributed by atoms with Crippen molar-refractivity contribution in [1.29, 1.82) is 0 Å². The van der Waals surface area contributed by atoms with Crippen LogP contribution in [-0.4, -0.2) is 41.6 Å². The molecule has 0 spiro atoms. The van der Waals surface area contributed by atoms with E-state index in [0.29, 0.717) is 11.7 Å². The molecule has 0 saturated carbocycles. The summed E-state index contributed by atoms with van der Waals surface area (Å²) in [6.45, 7) is 4.51. The van der Waals surface area contributed by atoms with Crippen molar-refractivity contribution in [3.63, 3.8) is 0 Å². The SMILES string of the molecule is Cc1c(Br)ccc2[nH]c(C(=O)N3CCC(N4CNc5ccccc54)CC3)cc12. The van der Waals surface area contributed by atoms with E-state index < -0.39 is 0 Å². The molecule has 144 valence electrons. The Kier molecular flexibility index (Phi) is 4.31. The van der Waals surface area contributed by atoms with Crippen molar-refractivity contribution < 1.29 is 4.79 Å². The fraction of sp³-hybridized carbons (Fsp3) is 0.318. The summed E-state index contributed by atoms with van der Waals surface area (Å²) >= 11 is 3.57. The highest BCUT2D eigenvalue weighted by molar-refractivity contribution is 9.10. The van der Waals surface area contributed by atoms with Crippen molar-refractivity contribution >= 4 is 44.1 Å². The number of likely N-dealkylation sites (tertiary alicyclic amines) is 1. The number of rotatable bonds is 2. The molecule has 2 N–H and O–H groups in total. The van der Waals surface area contributed by atoms with Crippen LogP contribution in [0.15, 0.2) is 46.9 Å². The summed E-state index contributed by atoms with van der Waals surface area (Å²) in [5.41, 5.74) is 5.35. The molecule has 5 rings (SSSR count). The molecule has 1 aromatic heterocycles. The van der Waals surface area contributed by atoms with Gasteiger partial charge in [0, 0.05) is 34.5 Å². The zero-order valence-electron chi connectivity index (χ0n) is 15.8. The van der Waals surface area contributed by atoms with Crippen LogP contribution in [0.3, 0.4) is 0 Å². The second kappa shape index (κ2) is 6.85. The molecule has 3 heterocycles. The molecule has 0 unspecified atom stereocenters. The summed E-state index contributed by atoms with van der Waals surface area (Å²) in [5, 5.41) is 4.57. The van der Waals surface area contributed by atoms with Crippen molar-refractivity contribution in [2.24, 2.45) is 0 Å². The van der Waals surface area contributed by atoms with E-state index in [1.165, 1.54) is 11.4 Å². The number of anilines is 2. The molecule has 28 heavy (non-hydrogen) atoms. The summed E-state index contributed by atoms with van der Waals surface area (Å²) in [4.78, 5) is 20.8. The topological polar surface area (TPSA) is 51.4 Å². The number of aryl methyl sites for hydroxylation is 1. The van der Waals surface area contributed by atoms with Gasteiger partial charge in [-0.15, -0.1) is 0 Å². The number of benzene rings is 2. The number of piperidine rings is 1. The predicted octanol–water partition coefficient (Wildman–Crippen LogP) is 4.73. The van der Waals surface area contributed by atoms with Gasteiger partial charge >= 0.3 is 0 Å². The maximum absolute atomic E-state index is 13.0. The molecule has 5 nitrogen and oxygen atoms in total. The van der Waals surface area contributed by atoms with Crippen LogP contribution >= 0.6 is 15.9 Å². The molecule has 2 aliphatic heterocycles. The lowest BCUT2D eigenvalue weighted by Gasteiger charge is -2.37. The normalized spacial score (nSPS) is 17.1. The van der Waals surface area contributed by atoms with E-state index in [4.69, 9.17) is 0 Å². The molecular formula is C22H23BrN4O. The number of fused-ring (bicyclic) bond motifs is 2. The first-order valence-corrected chi connectivity index (χ1v) is 10.6. The van der Waals surface area contributed by atoms with Gasteiger partial charge in [-0.3, -0.25) is 4.79 Å². The van der Waals surface area contributed by atoms with E-state index >= 15 is 0 Å². The number of amides is 1. The Morgan fingerprint density at radius 2 is 1.93 bits per heavy atom. The van der Waals surface area contributed by atoms with Gasteiger partial charge in [0.2, 0.25) is 0 Å². The lowest BCUT2D eigenvalue weighted by Crippen LogP contribution is -2.46. The van der Waals surface area contributed by atoms with Gasteiger partial charge in [0.05, 0.1) is 18.0 Å². The summed E-state index contributed by atoms with van der Waals surface area (Å²) in [7, 11) is 0. The highest BCUT2D eigenvalue weighted by atomic mass is 79.9. The van der Waals surface area contributed by atoms with Crippen LogP contribution in [0.4, 0.5) is 11.4 Å². The lowest BCUT2D eigenvalue weighted by atomic mass is 10.0. The Morgan fingerprint density at radius 1 is 1.14 bits per heavy atom. The van der Waals surface area contributed by atoms with Crippen LogP contribution < -0.4 is 10.2 Å². The van der Waals surface area contributed by atoms with Gasteiger partial charge in [0.25, 0.3) is 5.91 Å². The molecular weight excluding hydrogens is 416 g/mol. The maximum Gasteiger partial charge on any atom is 0.270 e. The fourth-order valence-electron chi connectivity index (χ4n) is 4.44. The summed E-state index contributed by atoms with van der Waals surface area (Å²) in [5.74, 6) is 0.102. The van der Waals surface area contributed by atoms with Gasteiger partial charge in [-0.2, -0.15) is 0 Å². The highest BCUT2D eigenvalue weighted by Crippen LogP contribution is 2.35. The minimum Gasteiger partial charge on any atom is -0.366 e. The predicted molar refractivity (Wildman–Crippen MR) is 117 cm³/mol. The molecule has 0 bridgehead atoms. The number of hydrogen-bond donors (Lipinski definition) is 2. The summed E-state index contributed by atoms with van der Waals surface area (Å²) < 4.78 is 1.07. The van der Waals surface area contributed by atoms with Crippen molar-refractivity contribution in [2.75, 3.05) is 30.0 Å².